The highest BCUT2D eigenvalue weighted by Crippen LogP contribution is 2.23. The molecule has 0 unspecified atom stereocenters. The summed E-state index contributed by atoms with van der Waals surface area (Å²) < 4.78 is 16.4. The largest absolute Gasteiger partial charge is 0.488 e. The quantitative estimate of drug-likeness (QED) is 0.557. The van der Waals surface area contributed by atoms with Crippen molar-refractivity contribution >= 4 is 17.6 Å². The van der Waals surface area contributed by atoms with Crippen LogP contribution >= 0.6 is 0 Å². The van der Waals surface area contributed by atoms with E-state index >= 15 is 0 Å². The Hall–Kier alpha value is -3.61. The lowest BCUT2D eigenvalue weighted by molar-refractivity contribution is -0.123. The van der Waals surface area contributed by atoms with Crippen molar-refractivity contribution in [2.45, 2.75) is 47.3 Å². The third-order valence-electron chi connectivity index (χ3n) is 4.96. The zero-order valence-corrected chi connectivity index (χ0v) is 18.3. The molecule has 0 spiro atoms. The molecule has 0 aliphatic carbocycles. The van der Waals surface area contributed by atoms with Gasteiger partial charge in [0.25, 0.3) is 5.91 Å². The molecule has 0 radical (unpaired) electrons. The van der Waals surface area contributed by atoms with Crippen LogP contribution in [-0.2, 0) is 16.1 Å². The number of hydrogen-bond donors (Lipinski definition) is 1. The fourth-order valence-corrected chi connectivity index (χ4v) is 3.00. The predicted octanol–water partition coefficient (Wildman–Crippen LogP) is 4.67. The van der Waals surface area contributed by atoms with E-state index in [9.17, 15) is 9.59 Å². The van der Waals surface area contributed by atoms with Gasteiger partial charge in [-0.2, -0.15) is 0 Å². The molecule has 0 aliphatic rings. The maximum Gasteiger partial charge on any atom is 0.342 e. The molecule has 1 amide bonds. The highest BCUT2D eigenvalue weighted by Gasteiger charge is 2.22. The van der Waals surface area contributed by atoms with Crippen molar-refractivity contribution in [3.63, 3.8) is 0 Å². The van der Waals surface area contributed by atoms with Gasteiger partial charge in [-0.15, -0.1) is 0 Å². The molecular weight excluding hydrogens is 396 g/mol. The standard InChI is InChI=1S/C24H26N2O5/c1-14-10-11-15(2)21(12-14)25-23(27)18(5)30-24(28)19-8-6-7-9-22(19)29-13-20-16(3)26-31-17(20)4/h6-12,18H,13H2,1-5H3,(H,25,27)/t18-/m0/s1. The Bertz CT molecular complexity index is 1080. The Kier molecular flexibility index (Phi) is 6.74. The minimum Gasteiger partial charge on any atom is -0.488 e. The number of esters is 1. The van der Waals surface area contributed by atoms with Crippen molar-refractivity contribution in [1.29, 1.82) is 0 Å². The zero-order valence-electron chi connectivity index (χ0n) is 18.3. The first-order valence-electron chi connectivity index (χ1n) is 9.99. The van der Waals surface area contributed by atoms with Gasteiger partial charge in [-0.25, -0.2) is 4.79 Å². The smallest absolute Gasteiger partial charge is 0.342 e. The number of amides is 1. The first kappa shape index (κ1) is 22.1. The summed E-state index contributed by atoms with van der Waals surface area (Å²) in [4.78, 5) is 25.3. The topological polar surface area (TPSA) is 90.7 Å². The van der Waals surface area contributed by atoms with Crippen LogP contribution in [0.2, 0.25) is 0 Å². The van der Waals surface area contributed by atoms with Gasteiger partial charge in [0.05, 0.1) is 11.3 Å². The molecule has 1 N–H and O–H groups in total. The van der Waals surface area contributed by atoms with Crippen molar-refractivity contribution < 1.29 is 23.6 Å². The van der Waals surface area contributed by atoms with Gasteiger partial charge in [0, 0.05) is 5.69 Å². The highest BCUT2D eigenvalue weighted by atomic mass is 16.5. The first-order valence-corrected chi connectivity index (χ1v) is 9.99. The molecule has 0 bridgehead atoms. The summed E-state index contributed by atoms with van der Waals surface area (Å²) in [6.07, 6.45) is -0.983. The summed E-state index contributed by atoms with van der Waals surface area (Å²) in [6.45, 7) is 9.21. The summed E-state index contributed by atoms with van der Waals surface area (Å²) in [7, 11) is 0. The molecule has 1 atom stereocenters. The molecule has 0 saturated carbocycles. The first-order chi connectivity index (χ1) is 14.8. The van der Waals surface area contributed by atoms with E-state index in [1.54, 1.807) is 31.2 Å². The number of aromatic nitrogens is 1. The monoisotopic (exact) mass is 422 g/mol. The number of hydrogen-bond acceptors (Lipinski definition) is 6. The second kappa shape index (κ2) is 9.47. The summed E-state index contributed by atoms with van der Waals surface area (Å²) >= 11 is 0. The van der Waals surface area contributed by atoms with Crippen LogP contribution in [0.4, 0.5) is 5.69 Å². The van der Waals surface area contributed by atoms with E-state index in [1.165, 1.54) is 6.92 Å². The maximum atomic E-state index is 12.7. The van der Waals surface area contributed by atoms with Crippen molar-refractivity contribution in [3.8, 4) is 5.75 Å². The van der Waals surface area contributed by atoms with Crippen LogP contribution in [0.1, 0.15) is 45.4 Å². The molecule has 0 aliphatic heterocycles. The van der Waals surface area contributed by atoms with E-state index < -0.39 is 18.0 Å². The van der Waals surface area contributed by atoms with Gasteiger partial charge in [-0.1, -0.05) is 29.4 Å². The Morgan fingerprint density at radius 3 is 2.55 bits per heavy atom. The minimum absolute atomic E-state index is 0.203. The third-order valence-corrected chi connectivity index (χ3v) is 4.96. The number of benzene rings is 2. The lowest BCUT2D eigenvalue weighted by atomic mass is 10.1. The maximum absolute atomic E-state index is 12.7. The molecule has 0 saturated heterocycles. The van der Waals surface area contributed by atoms with Gasteiger partial charge >= 0.3 is 5.97 Å². The van der Waals surface area contributed by atoms with Crippen LogP contribution in [-0.4, -0.2) is 23.1 Å². The molecule has 3 aromatic rings. The molecule has 162 valence electrons. The molecule has 2 aromatic carbocycles. The Morgan fingerprint density at radius 1 is 1.10 bits per heavy atom. The van der Waals surface area contributed by atoms with E-state index in [2.05, 4.69) is 10.5 Å². The molecule has 1 heterocycles. The molecular formula is C24H26N2O5. The molecule has 7 nitrogen and oxygen atoms in total. The lowest BCUT2D eigenvalue weighted by Gasteiger charge is -2.16. The van der Waals surface area contributed by atoms with Crippen molar-refractivity contribution in [2.24, 2.45) is 0 Å². The van der Waals surface area contributed by atoms with Gasteiger partial charge < -0.3 is 19.3 Å². The number of nitrogens with one attached hydrogen (secondary N) is 1. The SMILES string of the molecule is Cc1ccc(C)c(NC(=O)[C@H](C)OC(=O)c2ccccc2OCc2c(C)noc2C)c1. The number of anilines is 1. The Morgan fingerprint density at radius 2 is 1.84 bits per heavy atom. The number of nitrogens with zero attached hydrogens (tertiary/aromatic N) is 1. The van der Waals surface area contributed by atoms with Gasteiger partial charge in [-0.3, -0.25) is 4.79 Å². The number of aryl methyl sites for hydroxylation is 4. The number of carbonyl (C=O) groups is 2. The van der Waals surface area contributed by atoms with Crippen molar-refractivity contribution in [3.05, 3.63) is 76.2 Å². The van der Waals surface area contributed by atoms with Crippen molar-refractivity contribution in [1.82, 2.24) is 5.16 Å². The predicted molar refractivity (Wildman–Crippen MR) is 116 cm³/mol. The minimum atomic E-state index is -0.983. The van der Waals surface area contributed by atoms with E-state index in [0.29, 0.717) is 17.2 Å². The van der Waals surface area contributed by atoms with Crippen LogP contribution < -0.4 is 10.1 Å². The van der Waals surface area contributed by atoms with Crippen LogP contribution in [0.25, 0.3) is 0 Å². The van der Waals surface area contributed by atoms with Gasteiger partial charge in [0.1, 0.15) is 23.7 Å². The summed E-state index contributed by atoms with van der Waals surface area (Å²) in [6, 6.07) is 12.5. The van der Waals surface area contributed by atoms with Gasteiger partial charge in [0.2, 0.25) is 0 Å². The van der Waals surface area contributed by atoms with E-state index in [0.717, 1.165) is 22.4 Å². The van der Waals surface area contributed by atoms with Gasteiger partial charge in [-0.05, 0) is 63.9 Å². The molecule has 0 fully saturated rings. The van der Waals surface area contributed by atoms with Crippen LogP contribution in [0.5, 0.6) is 5.75 Å². The molecule has 7 heteroatoms. The highest BCUT2D eigenvalue weighted by molar-refractivity contribution is 5.98. The lowest BCUT2D eigenvalue weighted by Crippen LogP contribution is -2.30. The summed E-state index contributed by atoms with van der Waals surface area (Å²) in [5.41, 5.74) is 4.43. The molecule has 31 heavy (non-hydrogen) atoms. The van der Waals surface area contributed by atoms with E-state index in [4.69, 9.17) is 14.0 Å². The molecule has 3 rings (SSSR count). The fraction of sp³-hybridized carbons (Fsp3) is 0.292. The molecule has 1 aromatic heterocycles. The second-order valence-corrected chi connectivity index (χ2v) is 7.44. The van der Waals surface area contributed by atoms with Gasteiger partial charge in [0.15, 0.2) is 6.10 Å². The number of ether oxygens (including phenoxy) is 2. The zero-order chi connectivity index (χ0) is 22.5. The average molecular weight is 422 g/mol. The van der Waals surface area contributed by atoms with E-state index in [1.807, 2.05) is 39.0 Å². The second-order valence-electron chi connectivity index (χ2n) is 7.44. The fourth-order valence-electron chi connectivity index (χ4n) is 3.00. The Balaban J connectivity index is 1.67. The van der Waals surface area contributed by atoms with Crippen molar-refractivity contribution in [2.75, 3.05) is 5.32 Å². The number of carbonyl (C=O) groups excluding carboxylic acids is 2. The Labute approximate surface area is 181 Å². The summed E-state index contributed by atoms with van der Waals surface area (Å²) in [5, 5.41) is 6.71. The van der Waals surface area contributed by atoms with Crippen LogP contribution in [0.3, 0.4) is 0 Å². The number of rotatable bonds is 7. The van der Waals surface area contributed by atoms with Crippen LogP contribution in [0, 0.1) is 27.7 Å². The average Bonchev–Trinajstić information content (AvgIpc) is 3.06. The summed E-state index contributed by atoms with van der Waals surface area (Å²) in [5.74, 6) is -0.0296. The van der Waals surface area contributed by atoms with E-state index in [-0.39, 0.29) is 12.2 Å². The third kappa shape index (κ3) is 5.31. The number of para-hydroxylation sites is 1. The van der Waals surface area contributed by atoms with Crippen LogP contribution in [0.15, 0.2) is 47.0 Å². The normalized spacial score (nSPS) is 11.6.